The van der Waals surface area contributed by atoms with Crippen LogP contribution in [0.5, 0.6) is 0 Å². The van der Waals surface area contributed by atoms with Gasteiger partial charge in [-0.1, -0.05) is 0 Å². The molecule has 4 atom stereocenters. The fourth-order valence-corrected chi connectivity index (χ4v) is 11.5. The van der Waals surface area contributed by atoms with Gasteiger partial charge in [-0.3, -0.25) is 0 Å². The van der Waals surface area contributed by atoms with Crippen LogP contribution in [0, 0.1) is 69.0 Å². The number of likely N-dealkylation sites (tertiary alicyclic amines) is 6. The van der Waals surface area contributed by atoms with Crippen LogP contribution < -0.4 is 10.6 Å². The van der Waals surface area contributed by atoms with Crippen LogP contribution in [-0.4, -0.2) is 146 Å². The summed E-state index contributed by atoms with van der Waals surface area (Å²) in [4.78, 5) is 15.1. The average Bonchev–Trinajstić information content (AvgIpc) is 3.97. The molecule has 6 fully saturated rings. The van der Waals surface area contributed by atoms with Gasteiger partial charge in [0.25, 0.3) is 0 Å². The Bertz CT molecular complexity index is 1510. The van der Waals surface area contributed by atoms with Crippen molar-refractivity contribution in [3.05, 3.63) is 22.8 Å². The molecule has 0 aromatic rings. The molecule has 0 aliphatic carbocycles. The highest BCUT2D eigenvalue weighted by molar-refractivity contribution is 5.40. The van der Waals surface area contributed by atoms with E-state index in [2.05, 4.69) is 85.1 Å². The minimum absolute atomic E-state index is 0.214. The molecule has 6 aliphatic rings. The zero-order valence-electron chi connectivity index (χ0n) is 36.3. The van der Waals surface area contributed by atoms with Crippen LogP contribution >= 0.6 is 0 Å². The summed E-state index contributed by atoms with van der Waals surface area (Å²) in [6, 6.07) is 10.6. The van der Waals surface area contributed by atoms with E-state index in [4.69, 9.17) is 0 Å². The van der Waals surface area contributed by atoms with Crippen molar-refractivity contribution in [1.29, 1.82) is 21.0 Å². The summed E-state index contributed by atoms with van der Waals surface area (Å²) in [5, 5.41) is 46.1. The second-order valence-corrected chi connectivity index (χ2v) is 18.7. The Hall–Kier alpha value is -3.52. The molecule has 12 heteroatoms. The molecule has 2 N–H and O–H groups in total. The monoisotopic (exact) mass is 795 g/mol. The lowest BCUT2D eigenvalue weighted by molar-refractivity contribution is 0.0982. The predicted molar refractivity (Wildman–Crippen MR) is 229 cm³/mol. The second kappa shape index (κ2) is 22.2. The molecule has 12 nitrogen and oxygen atoms in total. The van der Waals surface area contributed by atoms with E-state index in [1.807, 2.05) is 0 Å². The first kappa shape index (κ1) is 44.0. The number of nitriles is 4. The maximum Gasteiger partial charge on any atom is 0.169 e. The first-order chi connectivity index (χ1) is 28.3. The molecule has 0 spiro atoms. The zero-order valence-corrected chi connectivity index (χ0v) is 36.3. The Morgan fingerprint density at radius 2 is 1.00 bits per heavy atom. The maximum absolute atomic E-state index is 9.79. The van der Waals surface area contributed by atoms with E-state index in [0.29, 0.717) is 30.0 Å². The van der Waals surface area contributed by atoms with Gasteiger partial charge in [0.1, 0.15) is 35.9 Å². The average molecular weight is 795 g/mol. The summed E-state index contributed by atoms with van der Waals surface area (Å²) in [6.07, 6.45) is 15.5. The molecule has 318 valence electrons. The van der Waals surface area contributed by atoms with Crippen molar-refractivity contribution in [2.45, 2.75) is 122 Å². The maximum atomic E-state index is 9.79. The van der Waals surface area contributed by atoms with Gasteiger partial charge in [0, 0.05) is 83.6 Å². The van der Waals surface area contributed by atoms with Gasteiger partial charge in [-0.25, -0.2) is 0 Å². The number of rotatable bonds is 17. The summed E-state index contributed by atoms with van der Waals surface area (Å²) in [5.41, 5.74) is 0.432. The van der Waals surface area contributed by atoms with Crippen LogP contribution in [-0.2, 0) is 0 Å². The quantitative estimate of drug-likeness (QED) is 0.146. The Labute approximate surface area is 351 Å². The topological polar surface area (TPSA) is 139 Å². The lowest BCUT2D eigenvalue weighted by Crippen LogP contribution is -2.44. The molecule has 0 aromatic heterocycles. The van der Waals surface area contributed by atoms with Crippen LogP contribution in [0.2, 0.25) is 0 Å². The Kier molecular flexibility index (Phi) is 16.8. The highest BCUT2D eigenvalue weighted by Crippen LogP contribution is 2.37. The zero-order chi connectivity index (χ0) is 40.9. The molecule has 0 amide bonds. The second-order valence-electron chi connectivity index (χ2n) is 18.7. The van der Waals surface area contributed by atoms with E-state index in [-0.39, 0.29) is 11.1 Å². The standard InChI is InChI=1S/C46H74N12/c1-36-8-4-19-54(36)21-6-17-51-45(42(30-47)31-48)56-25-10-39(11-26-56)34-53-23-14-41(15-24-53)44-16-29-55(38(44)3)22-7-18-52-46(43(32-49)33-50)57-27-12-40(13-28-57)35-58-20-5-9-37(58)2/h36-41,44,51-52H,4-29,34-35H2,1-3H3. The van der Waals surface area contributed by atoms with Crippen LogP contribution in [0.15, 0.2) is 22.8 Å². The van der Waals surface area contributed by atoms with Gasteiger partial charge in [-0.05, 0) is 161 Å². The van der Waals surface area contributed by atoms with E-state index in [1.165, 1.54) is 84.2 Å². The lowest BCUT2D eigenvalue weighted by atomic mass is 9.80. The van der Waals surface area contributed by atoms with Gasteiger partial charge in [0.15, 0.2) is 11.1 Å². The number of hydrogen-bond donors (Lipinski definition) is 2. The third-order valence-corrected chi connectivity index (χ3v) is 15.2. The Morgan fingerprint density at radius 1 is 0.517 bits per heavy atom. The number of hydrogen-bond acceptors (Lipinski definition) is 12. The van der Waals surface area contributed by atoms with Gasteiger partial charge in [-0.2, -0.15) is 21.0 Å². The van der Waals surface area contributed by atoms with E-state index < -0.39 is 0 Å². The first-order valence-corrected chi connectivity index (χ1v) is 23.3. The normalized spacial score (nSPS) is 27.2. The molecule has 58 heavy (non-hydrogen) atoms. The molecule has 6 heterocycles. The van der Waals surface area contributed by atoms with Gasteiger partial charge < -0.3 is 40.0 Å². The summed E-state index contributed by atoms with van der Waals surface area (Å²) >= 11 is 0. The third-order valence-electron chi connectivity index (χ3n) is 15.2. The number of nitrogens with zero attached hydrogens (tertiary/aromatic N) is 10. The smallest absolute Gasteiger partial charge is 0.169 e. The molecular weight excluding hydrogens is 721 g/mol. The number of piperidine rings is 3. The SMILES string of the molecule is CC1CCCN1CCCNC(=C(C#N)C#N)N1CCC(CN2CCC(C3CCN(CCCNC(=C(C#N)C#N)N4CCC(CN5CCCC5C)CC4)C3C)CC2)CC1. The predicted octanol–water partition coefficient (Wildman–Crippen LogP) is 5.28. The molecule has 0 bridgehead atoms. The largest absolute Gasteiger partial charge is 0.370 e. The molecule has 0 saturated carbocycles. The highest BCUT2D eigenvalue weighted by Gasteiger charge is 2.38. The summed E-state index contributed by atoms with van der Waals surface area (Å²) in [7, 11) is 0. The Balaban J connectivity index is 0.873. The van der Waals surface area contributed by atoms with Crippen molar-refractivity contribution in [3.8, 4) is 24.3 Å². The minimum Gasteiger partial charge on any atom is -0.370 e. The highest BCUT2D eigenvalue weighted by atomic mass is 15.3. The van der Waals surface area contributed by atoms with Crippen LogP contribution in [0.1, 0.15) is 104 Å². The van der Waals surface area contributed by atoms with E-state index in [9.17, 15) is 21.0 Å². The molecule has 4 unspecified atom stereocenters. The molecule has 0 aromatic carbocycles. The van der Waals surface area contributed by atoms with Gasteiger partial charge >= 0.3 is 0 Å². The fraction of sp³-hybridized carbons (Fsp3) is 0.826. The lowest BCUT2D eigenvalue weighted by Gasteiger charge is -2.40. The van der Waals surface area contributed by atoms with Gasteiger partial charge in [-0.15, -0.1) is 0 Å². The van der Waals surface area contributed by atoms with E-state index in [1.54, 1.807) is 0 Å². The third kappa shape index (κ3) is 11.6. The van der Waals surface area contributed by atoms with Crippen LogP contribution in [0.3, 0.4) is 0 Å². The number of nitrogens with one attached hydrogen (secondary N) is 2. The van der Waals surface area contributed by atoms with E-state index >= 15 is 0 Å². The molecule has 6 aliphatic heterocycles. The molecule has 6 saturated heterocycles. The van der Waals surface area contributed by atoms with Crippen molar-refractivity contribution in [2.75, 3.05) is 98.2 Å². The molecular formula is C46H74N12. The van der Waals surface area contributed by atoms with Gasteiger partial charge in [0.2, 0.25) is 0 Å². The number of allylic oxidation sites excluding steroid dienone is 2. The van der Waals surface area contributed by atoms with Crippen LogP contribution in [0.25, 0.3) is 0 Å². The van der Waals surface area contributed by atoms with Crippen molar-refractivity contribution >= 4 is 0 Å². The molecule has 0 radical (unpaired) electrons. The fourth-order valence-electron chi connectivity index (χ4n) is 11.5. The summed E-state index contributed by atoms with van der Waals surface area (Å²) in [5.74, 6) is 4.41. The molecule has 6 rings (SSSR count). The van der Waals surface area contributed by atoms with Crippen LogP contribution in [0.4, 0.5) is 0 Å². The van der Waals surface area contributed by atoms with Crippen molar-refractivity contribution in [2.24, 2.45) is 23.7 Å². The minimum atomic E-state index is 0.214. The van der Waals surface area contributed by atoms with Gasteiger partial charge in [0.05, 0.1) is 0 Å². The van der Waals surface area contributed by atoms with Crippen molar-refractivity contribution in [1.82, 2.24) is 40.0 Å². The summed E-state index contributed by atoms with van der Waals surface area (Å²) < 4.78 is 0. The van der Waals surface area contributed by atoms with E-state index in [0.717, 1.165) is 121 Å². The van der Waals surface area contributed by atoms with Crippen molar-refractivity contribution in [3.63, 3.8) is 0 Å². The summed E-state index contributed by atoms with van der Waals surface area (Å²) in [6.45, 7) is 22.7. The first-order valence-electron chi connectivity index (χ1n) is 23.3. The Morgan fingerprint density at radius 3 is 1.48 bits per heavy atom. The van der Waals surface area contributed by atoms with Crippen molar-refractivity contribution < 1.29 is 0 Å².